The van der Waals surface area contributed by atoms with E-state index in [9.17, 15) is 13.2 Å². The third-order valence-corrected chi connectivity index (χ3v) is 6.42. The third kappa shape index (κ3) is 4.69. The molecule has 3 aromatic rings. The quantitative estimate of drug-likeness (QED) is 0.663. The van der Waals surface area contributed by atoms with Crippen LogP contribution < -0.4 is 5.32 Å². The zero-order valence-corrected chi connectivity index (χ0v) is 15.9. The highest BCUT2D eigenvalue weighted by Gasteiger charge is 2.16. The number of anilines is 1. The fraction of sp³-hybridized carbons (Fsp3) is 0.111. The van der Waals surface area contributed by atoms with E-state index in [1.54, 1.807) is 18.3 Å². The Morgan fingerprint density at radius 1 is 1.08 bits per heavy atom. The minimum Gasteiger partial charge on any atom is -0.326 e. The average molecular weight is 407 g/mol. The van der Waals surface area contributed by atoms with Crippen LogP contribution in [-0.2, 0) is 14.6 Å². The van der Waals surface area contributed by atoms with Crippen LogP contribution in [0.5, 0.6) is 0 Å². The van der Waals surface area contributed by atoms with Crippen molar-refractivity contribution in [2.24, 2.45) is 0 Å². The Morgan fingerprint density at radius 2 is 1.77 bits per heavy atom. The maximum absolute atomic E-state index is 12.2. The number of aromatic nitrogens is 1. The summed E-state index contributed by atoms with van der Waals surface area (Å²) < 4.78 is 24.5. The Labute approximate surface area is 160 Å². The lowest BCUT2D eigenvalue weighted by Gasteiger charge is -2.07. The molecule has 0 aliphatic carbocycles. The second-order valence-corrected chi connectivity index (χ2v) is 8.93. The van der Waals surface area contributed by atoms with Gasteiger partial charge in [0.1, 0.15) is 5.01 Å². The molecule has 0 aliphatic heterocycles. The Balaban J connectivity index is 1.58. The molecular formula is C18H15ClN2O3S2. The Kier molecular flexibility index (Phi) is 5.70. The number of thiazole rings is 1. The molecular weight excluding hydrogens is 392 g/mol. The highest BCUT2D eigenvalue weighted by molar-refractivity contribution is 7.91. The smallest absolute Gasteiger partial charge is 0.225 e. The van der Waals surface area contributed by atoms with Gasteiger partial charge in [0.2, 0.25) is 5.91 Å². The molecule has 0 atom stereocenters. The van der Waals surface area contributed by atoms with E-state index in [1.165, 1.54) is 35.6 Å². The highest BCUT2D eigenvalue weighted by Crippen LogP contribution is 2.23. The monoisotopic (exact) mass is 406 g/mol. The lowest BCUT2D eigenvalue weighted by atomic mass is 10.2. The molecule has 3 rings (SSSR count). The number of sulfone groups is 1. The largest absolute Gasteiger partial charge is 0.326 e. The summed E-state index contributed by atoms with van der Waals surface area (Å²) in [5.74, 6) is -0.623. The maximum atomic E-state index is 12.2. The number of carbonyl (C=O) groups is 1. The van der Waals surface area contributed by atoms with Gasteiger partial charge in [-0.25, -0.2) is 13.4 Å². The van der Waals surface area contributed by atoms with Crippen LogP contribution in [0.4, 0.5) is 5.69 Å². The molecule has 1 aromatic heterocycles. The zero-order chi connectivity index (χ0) is 18.6. The van der Waals surface area contributed by atoms with Crippen LogP contribution in [0, 0.1) is 0 Å². The molecule has 0 saturated carbocycles. The van der Waals surface area contributed by atoms with Crippen LogP contribution in [0.3, 0.4) is 0 Å². The molecule has 134 valence electrons. The summed E-state index contributed by atoms with van der Waals surface area (Å²) in [6, 6.07) is 13.2. The molecule has 0 bridgehead atoms. The predicted molar refractivity (Wildman–Crippen MR) is 104 cm³/mol. The van der Waals surface area contributed by atoms with Crippen molar-refractivity contribution in [3.8, 4) is 10.6 Å². The van der Waals surface area contributed by atoms with E-state index in [0.29, 0.717) is 10.7 Å². The minimum absolute atomic E-state index is 0.126. The second-order valence-electron chi connectivity index (χ2n) is 5.49. The van der Waals surface area contributed by atoms with Crippen molar-refractivity contribution < 1.29 is 13.2 Å². The summed E-state index contributed by atoms with van der Waals surface area (Å²) in [5, 5.41) is 5.96. The predicted octanol–water partition coefficient (Wildman–Crippen LogP) is 4.27. The highest BCUT2D eigenvalue weighted by atomic mass is 35.5. The number of carbonyl (C=O) groups excluding carboxylic acids is 1. The molecule has 0 aliphatic rings. The van der Waals surface area contributed by atoms with Crippen molar-refractivity contribution in [2.75, 3.05) is 11.1 Å². The van der Waals surface area contributed by atoms with E-state index in [0.717, 1.165) is 10.6 Å². The molecule has 0 radical (unpaired) electrons. The number of benzene rings is 2. The molecule has 0 saturated heterocycles. The van der Waals surface area contributed by atoms with Gasteiger partial charge in [-0.05, 0) is 48.5 Å². The van der Waals surface area contributed by atoms with E-state index in [1.807, 2.05) is 17.5 Å². The fourth-order valence-corrected chi connectivity index (χ4v) is 4.28. The SMILES string of the molecule is O=C(CCS(=O)(=O)c1ccc(Cl)cc1)Nc1ccc(-c2nccs2)cc1. The second kappa shape index (κ2) is 7.99. The van der Waals surface area contributed by atoms with Crippen molar-refractivity contribution in [1.82, 2.24) is 4.98 Å². The van der Waals surface area contributed by atoms with Crippen molar-refractivity contribution in [3.05, 3.63) is 65.1 Å². The van der Waals surface area contributed by atoms with Gasteiger partial charge in [-0.1, -0.05) is 11.6 Å². The van der Waals surface area contributed by atoms with Gasteiger partial charge in [-0.15, -0.1) is 11.3 Å². The molecule has 5 nitrogen and oxygen atoms in total. The summed E-state index contributed by atoms with van der Waals surface area (Å²) >= 11 is 7.29. The molecule has 1 heterocycles. The zero-order valence-electron chi connectivity index (χ0n) is 13.6. The van der Waals surface area contributed by atoms with Gasteiger partial charge in [0.25, 0.3) is 0 Å². The van der Waals surface area contributed by atoms with Gasteiger partial charge in [0.05, 0.1) is 10.6 Å². The molecule has 2 aromatic carbocycles. The lowest BCUT2D eigenvalue weighted by Crippen LogP contribution is -2.17. The van der Waals surface area contributed by atoms with Crippen LogP contribution >= 0.6 is 22.9 Å². The first-order valence-corrected chi connectivity index (χ1v) is 10.6. The van der Waals surface area contributed by atoms with E-state index in [4.69, 9.17) is 11.6 Å². The van der Waals surface area contributed by atoms with Gasteiger partial charge in [-0.2, -0.15) is 0 Å². The molecule has 0 unspecified atom stereocenters. The minimum atomic E-state index is -3.53. The van der Waals surface area contributed by atoms with Gasteiger partial charge in [0.15, 0.2) is 9.84 Å². The van der Waals surface area contributed by atoms with Crippen LogP contribution in [-0.4, -0.2) is 25.1 Å². The standard InChI is InChI=1S/C18H15ClN2O3S2/c19-14-3-7-16(8-4-14)26(23,24)12-9-17(22)21-15-5-1-13(2-6-15)18-20-10-11-25-18/h1-8,10-11H,9,12H2,(H,21,22). The first kappa shape index (κ1) is 18.6. The van der Waals surface area contributed by atoms with Crippen molar-refractivity contribution in [1.29, 1.82) is 0 Å². The summed E-state index contributed by atoms with van der Waals surface area (Å²) in [4.78, 5) is 16.4. The summed E-state index contributed by atoms with van der Waals surface area (Å²) in [5.41, 5.74) is 1.57. The lowest BCUT2D eigenvalue weighted by molar-refractivity contribution is -0.115. The molecule has 8 heteroatoms. The molecule has 26 heavy (non-hydrogen) atoms. The molecule has 0 fully saturated rings. The van der Waals surface area contributed by atoms with Crippen LogP contribution in [0.25, 0.3) is 10.6 Å². The maximum Gasteiger partial charge on any atom is 0.225 e. The van der Waals surface area contributed by atoms with Gasteiger partial charge in [-0.3, -0.25) is 4.79 Å². The normalized spacial score (nSPS) is 11.3. The number of rotatable bonds is 6. The molecule has 1 amide bonds. The average Bonchev–Trinajstić information content (AvgIpc) is 3.16. The van der Waals surface area contributed by atoms with Crippen molar-refractivity contribution in [3.63, 3.8) is 0 Å². The topological polar surface area (TPSA) is 76.1 Å². The van der Waals surface area contributed by atoms with Gasteiger partial charge >= 0.3 is 0 Å². The summed E-state index contributed by atoms with van der Waals surface area (Å²) in [6.07, 6.45) is 1.61. The molecule has 0 spiro atoms. The molecule has 1 N–H and O–H groups in total. The third-order valence-electron chi connectivity index (χ3n) is 3.62. The van der Waals surface area contributed by atoms with Crippen LogP contribution in [0.1, 0.15) is 6.42 Å². The number of halogens is 1. The Morgan fingerprint density at radius 3 is 2.38 bits per heavy atom. The van der Waals surface area contributed by atoms with Crippen molar-refractivity contribution in [2.45, 2.75) is 11.3 Å². The first-order chi connectivity index (χ1) is 12.4. The van der Waals surface area contributed by atoms with E-state index >= 15 is 0 Å². The Hall–Kier alpha value is -2.22. The fourth-order valence-electron chi connectivity index (χ4n) is 2.27. The number of hydrogen-bond acceptors (Lipinski definition) is 5. The number of amides is 1. The summed E-state index contributed by atoms with van der Waals surface area (Å²) in [6.45, 7) is 0. The van der Waals surface area contributed by atoms with E-state index in [-0.39, 0.29) is 23.0 Å². The van der Waals surface area contributed by atoms with E-state index in [2.05, 4.69) is 10.3 Å². The summed E-state index contributed by atoms with van der Waals surface area (Å²) in [7, 11) is -3.53. The number of nitrogens with zero attached hydrogens (tertiary/aromatic N) is 1. The van der Waals surface area contributed by atoms with Crippen LogP contribution in [0.15, 0.2) is 65.0 Å². The first-order valence-electron chi connectivity index (χ1n) is 7.72. The van der Waals surface area contributed by atoms with Crippen LogP contribution in [0.2, 0.25) is 5.02 Å². The van der Waals surface area contributed by atoms with Crippen molar-refractivity contribution >= 4 is 44.4 Å². The van der Waals surface area contributed by atoms with E-state index < -0.39 is 9.84 Å². The number of hydrogen-bond donors (Lipinski definition) is 1. The Bertz CT molecular complexity index is 984. The van der Waals surface area contributed by atoms with Gasteiger partial charge < -0.3 is 5.32 Å². The van der Waals surface area contributed by atoms with Gasteiger partial charge in [0, 0.05) is 34.3 Å². The number of nitrogens with one attached hydrogen (secondary N) is 1.